The largest absolute Gasteiger partial charge is 0.347 e. The van der Waals surface area contributed by atoms with E-state index < -0.39 is 0 Å². The Morgan fingerprint density at radius 1 is 1.67 bits per heavy atom. The van der Waals surface area contributed by atoms with Gasteiger partial charge < -0.3 is 4.90 Å². The van der Waals surface area contributed by atoms with Crippen LogP contribution in [0.2, 0.25) is 0 Å². The van der Waals surface area contributed by atoms with E-state index >= 15 is 0 Å². The van der Waals surface area contributed by atoms with Crippen LogP contribution in [-0.4, -0.2) is 31.2 Å². The molecule has 0 aromatic carbocycles. The first-order chi connectivity index (χ1) is 4.18. The molecule has 0 aliphatic rings. The van der Waals surface area contributed by atoms with Gasteiger partial charge in [-0.3, -0.25) is 5.41 Å². The molecule has 0 saturated heterocycles. The highest BCUT2D eigenvalue weighted by Gasteiger charge is 1.89. The van der Waals surface area contributed by atoms with Crippen LogP contribution in [0, 0.1) is 5.41 Å². The Morgan fingerprint density at radius 2 is 2.22 bits per heavy atom. The third-order valence-electron chi connectivity index (χ3n) is 0.726. The Bertz CT molecular complexity index is 135. The highest BCUT2D eigenvalue weighted by molar-refractivity contribution is 5.88. The molecule has 3 nitrogen and oxygen atoms in total. The first kappa shape index (κ1) is 7.88. The predicted molar refractivity (Wildman–Crippen MR) is 40.1 cm³/mol. The van der Waals surface area contributed by atoms with E-state index in [1.54, 1.807) is 19.0 Å². The summed E-state index contributed by atoms with van der Waals surface area (Å²) in [6, 6.07) is 0. The van der Waals surface area contributed by atoms with E-state index in [0.717, 1.165) is 0 Å². The number of allylic oxidation sites excluding steroid dienone is 1. The summed E-state index contributed by atoms with van der Waals surface area (Å²) >= 11 is 0. The molecular weight excluding hydrogens is 114 g/mol. The quantitative estimate of drug-likeness (QED) is 0.407. The third kappa shape index (κ3) is 3.46. The smallest absolute Gasteiger partial charge is 0.217 e. The van der Waals surface area contributed by atoms with E-state index in [4.69, 9.17) is 5.41 Å². The van der Waals surface area contributed by atoms with Gasteiger partial charge in [0.25, 0.3) is 0 Å². The van der Waals surface area contributed by atoms with Gasteiger partial charge in [-0.15, -0.1) is 0 Å². The van der Waals surface area contributed by atoms with Crippen LogP contribution in [0.4, 0.5) is 0 Å². The van der Waals surface area contributed by atoms with Gasteiger partial charge in [-0.1, -0.05) is 12.7 Å². The number of rotatable bonds is 1. The molecule has 0 saturated carbocycles. The van der Waals surface area contributed by atoms with Gasteiger partial charge in [0.05, 0.1) is 0 Å². The summed E-state index contributed by atoms with van der Waals surface area (Å²) in [6.45, 7) is 3.43. The molecule has 0 aromatic rings. The second-order valence-electron chi connectivity index (χ2n) is 1.73. The summed E-state index contributed by atoms with van der Waals surface area (Å²) in [4.78, 5) is 5.32. The molecule has 0 heterocycles. The lowest BCUT2D eigenvalue weighted by atomic mass is 10.7. The van der Waals surface area contributed by atoms with Gasteiger partial charge in [0.2, 0.25) is 5.96 Å². The Kier molecular flexibility index (Phi) is 3.35. The average Bonchev–Trinajstić information content (AvgIpc) is 1.82. The predicted octanol–water partition coefficient (Wildman–Crippen LogP) is 0.740. The van der Waals surface area contributed by atoms with E-state index in [1.165, 1.54) is 12.3 Å². The van der Waals surface area contributed by atoms with Crippen LogP contribution in [0.3, 0.4) is 0 Å². The Balaban J connectivity index is 3.76. The van der Waals surface area contributed by atoms with Crippen molar-refractivity contribution >= 4 is 12.2 Å². The number of hydrogen-bond donors (Lipinski definition) is 1. The summed E-state index contributed by atoms with van der Waals surface area (Å²) in [6.07, 6.45) is 3.03. The topological polar surface area (TPSA) is 39.5 Å². The fraction of sp³-hybridized carbons (Fsp3) is 0.333. The van der Waals surface area contributed by atoms with Crippen molar-refractivity contribution in [3.05, 3.63) is 12.7 Å². The van der Waals surface area contributed by atoms with Crippen molar-refractivity contribution in [2.24, 2.45) is 4.99 Å². The first-order valence-electron chi connectivity index (χ1n) is 2.59. The van der Waals surface area contributed by atoms with Crippen molar-refractivity contribution in [1.29, 1.82) is 5.41 Å². The zero-order chi connectivity index (χ0) is 7.28. The highest BCUT2D eigenvalue weighted by atomic mass is 15.2. The standard InChI is InChI=1S/C6H11N3/c1-4-5-8-6(7)9(2)3/h4-5,7H,1H2,2-3H3/b7-6?,8-5-. The number of nitrogens with zero attached hydrogens (tertiary/aromatic N) is 2. The molecule has 0 unspecified atom stereocenters. The van der Waals surface area contributed by atoms with Gasteiger partial charge >= 0.3 is 0 Å². The van der Waals surface area contributed by atoms with Gasteiger partial charge in [0.15, 0.2) is 0 Å². The molecule has 0 radical (unpaired) electrons. The molecule has 0 rings (SSSR count). The minimum absolute atomic E-state index is 0.231. The van der Waals surface area contributed by atoms with Gasteiger partial charge in [-0.2, -0.15) is 0 Å². The molecule has 0 fully saturated rings. The van der Waals surface area contributed by atoms with Crippen LogP contribution in [-0.2, 0) is 0 Å². The lowest BCUT2D eigenvalue weighted by molar-refractivity contribution is 0.610. The molecule has 0 atom stereocenters. The van der Waals surface area contributed by atoms with Crippen LogP contribution >= 0.6 is 0 Å². The van der Waals surface area contributed by atoms with Crippen LogP contribution in [0.15, 0.2) is 17.6 Å². The van der Waals surface area contributed by atoms with Crippen LogP contribution in [0.1, 0.15) is 0 Å². The molecule has 9 heavy (non-hydrogen) atoms. The Labute approximate surface area is 55.2 Å². The van der Waals surface area contributed by atoms with E-state index in [-0.39, 0.29) is 5.96 Å². The Morgan fingerprint density at radius 3 is 2.56 bits per heavy atom. The van der Waals surface area contributed by atoms with Crippen molar-refractivity contribution in [2.75, 3.05) is 14.1 Å². The fourth-order valence-electron chi connectivity index (χ4n) is 0.239. The highest BCUT2D eigenvalue weighted by Crippen LogP contribution is 1.78. The van der Waals surface area contributed by atoms with Gasteiger partial charge in [0, 0.05) is 20.3 Å². The van der Waals surface area contributed by atoms with Gasteiger partial charge in [-0.25, -0.2) is 4.99 Å². The lowest BCUT2D eigenvalue weighted by Gasteiger charge is -2.06. The molecule has 1 N–H and O–H groups in total. The lowest BCUT2D eigenvalue weighted by Crippen LogP contribution is -2.18. The molecular formula is C6H11N3. The molecule has 3 heteroatoms. The minimum atomic E-state index is 0.231. The molecule has 0 amide bonds. The Hall–Kier alpha value is -1.12. The van der Waals surface area contributed by atoms with E-state index in [0.29, 0.717) is 0 Å². The molecule has 50 valence electrons. The van der Waals surface area contributed by atoms with Crippen molar-refractivity contribution in [2.45, 2.75) is 0 Å². The normalized spacial score (nSPS) is 9.56. The zero-order valence-corrected chi connectivity index (χ0v) is 5.76. The molecule has 0 aromatic heterocycles. The third-order valence-corrected chi connectivity index (χ3v) is 0.726. The molecule has 0 aliphatic carbocycles. The fourth-order valence-corrected chi connectivity index (χ4v) is 0.239. The summed E-state index contributed by atoms with van der Waals surface area (Å²) in [5, 5.41) is 7.13. The first-order valence-corrected chi connectivity index (χ1v) is 2.59. The van der Waals surface area contributed by atoms with Crippen LogP contribution in [0.25, 0.3) is 0 Å². The second kappa shape index (κ2) is 3.83. The van der Waals surface area contributed by atoms with Crippen molar-refractivity contribution < 1.29 is 0 Å². The minimum Gasteiger partial charge on any atom is -0.347 e. The van der Waals surface area contributed by atoms with Crippen LogP contribution in [0.5, 0.6) is 0 Å². The summed E-state index contributed by atoms with van der Waals surface area (Å²) in [5.74, 6) is 0.231. The SMILES string of the molecule is C=C/C=N\C(=N)N(C)C. The second-order valence-corrected chi connectivity index (χ2v) is 1.73. The monoisotopic (exact) mass is 125 g/mol. The molecule has 0 bridgehead atoms. The maximum atomic E-state index is 7.13. The van der Waals surface area contributed by atoms with E-state index in [2.05, 4.69) is 11.6 Å². The average molecular weight is 125 g/mol. The van der Waals surface area contributed by atoms with Crippen molar-refractivity contribution in [1.82, 2.24) is 4.90 Å². The number of hydrogen-bond acceptors (Lipinski definition) is 1. The number of nitrogens with one attached hydrogen (secondary N) is 1. The number of guanidine groups is 1. The van der Waals surface area contributed by atoms with Crippen molar-refractivity contribution in [3.8, 4) is 0 Å². The summed E-state index contributed by atoms with van der Waals surface area (Å²) in [7, 11) is 3.53. The number of aliphatic imine (C=N–C) groups is 1. The zero-order valence-electron chi connectivity index (χ0n) is 5.76. The van der Waals surface area contributed by atoms with E-state index in [9.17, 15) is 0 Å². The molecule has 0 spiro atoms. The van der Waals surface area contributed by atoms with Crippen molar-refractivity contribution in [3.63, 3.8) is 0 Å². The maximum absolute atomic E-state index is 7.13. The van der Waals surface area contributed by atoms with Crippen LogP contribution < -0.4 is 0 Å². The summed E-state index contributed by atoms with van der Waals surface area (Å²) < 4.78 is 0. The van der Waals surface area contributed by atoms with Gasteiger partial charge in [0.1, 0.15) is 0 Å². The van der Waals surface area contributed by atoms with Gasteiger partial charge in [-0.05, 0) is 0 Å². The van der Waals surface area contributed by atoms with E-state index in [1.807, 2.05) is 0 Å². The molecule has 0 aliphatic heterocycles. The maximum Gasteiger partial charge on any atom is 0.217 e. The summed E-state index contributed by atoms with van der Waals surface area (Å²) in [5.41, 5.74) is 0.